The van der Waals surface area contributed by atoms with Crippen molar-refractivity contribution in [3.8, 4) is 17.0 Å². The lowest BCUT2D eigenvalue weighted by Crippen LogP contribution is -2.49. The van der Waals surface area contributed by atoms with Crippen LogP contribution in [0.2, 0.25) is 0 Å². The number of carboxylic acids is 1. The van der Waals surface area contributed by atoms with Crippen molar-refractivity contribution in [1.29, 1.82) is 0 Å². The van der Waals surface area contributed by atoms with Crippen LogP contribution in [0.3, 0.4) is 0 Å². The SMILES string of the molecule is CN1CCC(n2ncc3c2-c2ccccc2OC32CCN(C(=O)c3ccco3)CC2)CC1.O=C(O)C(F)(F)F. The van der Waals surface area contributed by atoms with Crippen molar-refractivity contribution in [2.45, 2.75) is 43.5 Å². The van der Waals surface area contributed by atoms with Crippen LogP contribution in [0.25, 0.3) is 11.3 Å². The van der Waals surface area contributed by atoms with E-state index >= 15 is 0 Å². The number of carbonyl (C=O) groups excluding carboxylic acids is 1. The van der Waals surface area contributed by atoms with E-state index in [1.54, 1.807) is 18.4 Å². The summed E-state index contributed by atoms with van der Waals surface area (Å²) >= 11 is 0. The van der Waals surface area contributed by atoms with Crippen molar-refractivity contribution >= 4 is 11.9 Å². The summed E-state index contributed by atoms with van der Waals surface area (Å²) < 4.78 is 46.0. The molecule has 1 amide bonds. The van der Waals surface area contributed by atoms with Crippen molar-refractivity contribution in [3.63, 3.8) is 0 Å². The van der Waals surface area contributed by atoms with Crippen LogP contribution in [-0.2, 0) is 10.4 Å². The van der Waals surface area contributed by atoms with Crippen LogP contribution in [0.4, 0.5) is 13.2 Å². The molecule has 3 aromatic rings. The first-order valence-electron chi connectivity index (χ1n) is 12.8. The van der Waals surface area contributed by atoms with Gasteiger partial charge >= 0.3 is 12.1 Å². The molecule has 1 N–H and O–H groups in total. The number of nitrogens with zero attached hydrogens (tertiary/aromatic N) is 4. The molecular formula is C27H29F3N4O5. The summed E-state index contributed by atoms with van der Waals surface area (Å²) in [5, 5.41) is 12.0. The number of hydrogen-bond donors (Lipinski definition) is 1. The molecule has 0 aliphatic carbocycles. The van der Waals surface area contributed by atoms with Gasteiger partial charge in [-0.1, -0.05) is 12.1 Å². The molecule has 2 saturated heterocycles. The number of para-hydroxylation sites is 1. The predicted octanol–water partition coefficient (Wildman–Crippen LogP) is 4.57. The molecule has 1 spiro atoms. The van der Waals surface area contributed by atoms with Crippen LogP contribution in [0.15, 0.2) is 53.3 Å². The van der Waals surface area contributed by atoms with E-state index in [0.717, 1.165) is 50.1 Å². The maximum absolute atomic E-state index is 12.8. The molecule has 0 saturated carbocycles. The van der Waals surface area contributed by atoms with E-state index in [4.69, 9.17) is 24.2 Å². The number of fused-ring (bicyclic) bond motifs is 4. The Kier molecular flexibility index (Phi) is 7.15. The topological polar surface area (TPSA) is 101 Å². The van der Waals surface area contributed by atoms with E-state index < -0.39 is 17.7 Å². The normalized spacial score (nSPS) is 18.9. The molecule has 2 fully saturated rings. The first-order valence-corrected chi connectivity index (χ1v) is 12.8. The maximum Gasteiger partial charge on any atom is 0.490 e. The van der Waals surface area contributed by atoms with Gasteiger partial charge in [-0.05, 0) is 57.2 Å². The van der Waals surface area contributed by atoms with Gasteiger partial charge in [0.15, 0.2) is 5.76 Å². The minimum atomic E-state index is -5.08. The molecule has 9 nitrogen and oxygen atoms in total. The lowest BCUT2D eigenvalue weighted by Gasteiger charge is -2.44. The van der Waals surface area contributed by atoms with Crippen LogP contribution in [0.1, 0.15) is 47.8 Å². The Morgan fingerprint density at radius 1 is 1.05 bits per heavy atom. The summed E-state index contributed by atoms with van der Waals surface area (Å²) in [5.74, 6) is -1.50. The van der Waals surface area contributed by atoms with Crippen molar-refractivity contribution in [1.82, 2.24) is 19.6 Å². The zero-order valence-corrected chi connectivity index (χ0v) is 21.4. The van der Waals surface area contributed by atoms with Gasteiger partial charge in [-0.3, -0.25) is 9.48 Å². The van der Waals surface area contributed by atoms with Crippen LogP contribution >= 0.6 is 0 Å². The molecule has 0 bridgehead atoms. The maximum atomic E-state index is 12.8. The molecule has 5 heterocycles. The number of rotatable bonds is 2. The van der Waals surface area contributed by atoms with Gasteiger partial charge < -0.3 is 24.1 Å². The Morgan fingerprint density at radius 3 is 2.33 bits per heavy atom. The highest BCUT2D eigenvalue weighted by molar-refractivity contribution is 5.91. The molecule has 39 heavy (non-hydrogen) atoms. The van der Waals surface area contributed by atoms with Gasteiger partial charge in [0.1, 0.15) is 11.4 Å². The monoisotopic (exact) mass is 546 g/mol. The number of carboxylic acid groups (broad SMARTS) is 1. The fourth-order valence-electron chi connectivity index (χ4n) is 5.50. The second-order valence-corrected chi connectivity index (χ2v) is 10.1. The highest BCUT2D eigenvalue weighted by Gasteiger charge is 2.47. The Hall–Kier alpha value is -3.80. The first kappa shape index (κ1) is 26.8. The van der Waals surface area contributed by atoms with Gasteiger partial charge in [-0.2, -0.15) is 18.3 Å². The van der Waals surface area contributed by atoms with E-state index in [-0.39, 0.29) is 5.91 Å². The third-order valence-electron chi connectivity index (χ3n) is 7.60. The number of ether oxygens (including phenoxy) is 1. The molecule has 0 unspecified atom stereocenters. The van der Waals surface area contributed by atoms with Crippen molar-refractivity contribution in [2.75, 3.05) is 33.2 Å². The quantitative estimate of drug-likeness (QED) is 0.503. The Balaban J connectivity index is 0.000000392. The summed E-state index contributed by atoms with van der Waals surface area (Å²) in [5.41, 5.74) is 3.04. The molecule has 1 aromatic carbocycles. The second kappa shape index (κ2) is 10.4. The largest absolute Gasteiger partial charge is 0.490 e. The number of likely N-dealkylation sites (tertiary alicyclic amines) is 2. The average Bonchev–Trinajstić information content (AvgIpc) is 3.61. The third kappa shape index (κ3) is 5.25. The number of benzene rings is 1. The molecule has 3 aliphatic rings. The number of piperidine rings is 2. The van der Waals surface area contributed by atoms with Crippen LogP contribution < -0.4 is 4.74 Å². The lowest BCUT2D eigenvalue weighted by atomic mass is 9.80. The zero-order valence-electron chi connectivity index (χ0n) is 21.4. The number of amides is 1. The third-order valence-corrected chi connectivity index (χ3v) is 7.60. The smallest absolute Gasteiger partial charge is 0.482 e. The number of furan rings is 1. The number of carbonyl (C=O) groups is 2. The Bertz CT molecular complexity index is 1320. The fourth-order valence-corrected chi connectivity index (χ4v) is 5.50. The lowest BCUT2D eigenvalue weighted by molar-refractivity contribution is -0.192. The summed E-state index contributed by atoms with van der Waals surface area (Å²) in [7, 11) is 2.19. The fraction of sp³-hybridized carbons (Fsp3) is 0.444. The highest BCUT2D eigenvalue weighted by atomic mass is 19.4. The zero-order chi connectivity index (χ0) is 27.8. The molecule has 208 valence electrons. The van der Waals surface area contributed by atoms with Crippen molar-refractivity contribution < 1.29 is 37.0 Å². The van der Waals surface area contributed by atoms with E-state index in [0.29, 0.717) is 24.9 Å². The number of alkyl halides is 3. The minimum absolute atomic E-state index is 0.0525. The van der Waals surface area contributed by atoms with E-state index in [9.17, 15) is 18.0 Å². The highest BCUT2D eigenvalue weighted by Crippen LogP contribution is 2.50. The standard InChI is InChI=1S/C25H28N4O3.C2HF3O2/c1-27-12-8-18(9-13-27)29-23-19-5-2-3-6-21(19)32-25(20(23)17-26-29)10-14-28(15-11-25)24(30)22-7-4-16-31-22;3-2(4,5)1(6)7/h2-7,16-18H,8-15H2,1H3;(H,6,7). The van der Waals surface area contributed by atoms with Gasteiger partial charge in [0, 0.05) is 37.1 Å². The first-order chi connectivity index (χ1) is 18.6. The average molecular weight is 547 g/mol. The molecule has 2 aromatic heterocycles. The molecule has 0 atom stereocenters. The van der Waals surface area contributed by atoms with Gasteiger partial charge in [0.05, 0.1) is 24.2 Å². The van der Waals surface area contributed by atoms with E-state index in [1.807, 2.05) is 17.2 Å². The van der Waals surface area contributed by atoms with Crippen LogP contribution in [-0.4, -0.2) is 76.0 Å². The Morgan fingerprint density at radius 2 is 1.72 bits per heavy atom. The number of hydrogen-bond acceptors (Lipinski definition) is 6. The van der Waals surface area contributed by atoms with Crippen LogP contribution in [0.5, 0.6) is 5.75 Å². The minimum Gasteiger partial charge on any atom is -0.482 e. The van der Waals surface area contributed by atoms with Gasteiger partial charge in [0.25, 0.3) is 5.91 Å². The number of aromatic nitrogens is 2. The Labute approximate surface area is 222 Å². The van der Waals surface area contributed by atoms with Gasteiger partial charge in [-0.15, -0.1) is 0 Å². The van der Waals surface area contributed by atoms with Gasteiger partial charge in [-0.25, -0.2) is 4.79 Å². The second-order valence-electron chi connectivity index (χ2n) is 10.1. The number of aliphatic carboxylic acids is 1. The molecular weight excluding hydrogens is 517 g/mol. The summed E-state index contributed by atoms with van der Waals surface area (Å²) in [6.45, 7) is 3.43. The predicted molar refractivity (Wildman–Crippen MR) is 133 cm³/mol. The molecule has 6 rings (SSSR count). The summed E-state index contributed by atoms with van der Waals surface area (Å²) in [6.07, 6.45) is 2.16. The van der Waals surface area contributed by atoms with Gasteiger partial charge in [0.2, 0.25) is 0 Å². The van der Waals surface area contributed by atoms with Crippen LogP contribution in [0, 0.1) is 0 Å². The molecule has 12 heteroatoms. The summed E-state index contributed by atoms with van der Waals surface area (Å²) in [6, 6.07) is 12.2. The van der Waals surface area contributed by atoms with E-state index in [1.165, 1.54) is 11.3 Å². The van der Waals surface area contributed by atoms with E-state index in [2.05, 4.69) is 34.8 Å². The van der Waals surface area contributed by atoms with Crippen molar-refractivity contribution in [2.24, 2.45) is 0 Å². The van der Waals surface area contributed by atoms with Crippen molar-refractivity contribution in [3.05, 3.63) is 60.2 Å². The number of halogens is 3. The summed E-state index contributed by atoms with van der Waals surface area (Å²) in [4.78, 5) is 25.9. The molecule has 3 aliphatic heterocycles. The molecule has 0 radical (unpaired) electrons.